The van der Waals surface area contributed by atoms with Gasteiger partial charge in [-0.3, -0.25) is 14.4 Å². The molecule has 2 fully saturated rings. The lowest BCUT2D eigenvalue weighted by Crippen LogP contribution is -2.60. The summed E-state index contributed by atoms with van der Waals surface area (Å²) in [6.45, 7) is 1.23. The van der Waals surface area contributed by atoms with Crippen LogP contribution < -0.4 is 14.9 Å². The van der Waals surface area contributed by atoms with Crippen molar-refractivity contribution in [1.29, 1.82) is 0 Å². The molecule has 17 nitrogen and oxygen atoms in total. The number of aliphatic hydroxyl groups excluding tert-OH is 6. The number of benzene rings is 2. The second-order valence-electron chi connectivity index (χ2n) is 11.2. The quantitative estimate of drug-likeness (QED) is 0.129. The van der Waals surface area contributed by atoms with Crippen molar-refractivity contribution in [3.63, 3.8) is 0 Å². The normalized spacial score (nSPS) is 30.4. The number of aliphatic hydroxyl groups is 6. The standard InChI is InChI=1S/C31H34O17/c1-12(32)42-10-20-24(36)26(38)28(40)30(47-20)45-16-7-18-22(23(35)17(9-44-18)14-3-5-15(34)6-4-14)19(8-16)46-31-29(41)27(39)25(37)21(48-31)11-43-13(2)33/h3-9,20-21,24-31,34,36-41H,10-11H2,1-2H3/t20-,21-,24-,25-,26+,27+,28-,29-,30-,31-/m1/s1. The number of fused-ring (bicyclic) bond motifs is 1. The van der Waals surface area contributed by atoms with Gasteiger partial charge in [-0.15, -0.1) is 0 Å². The van der Waals surface area contributed by atoms with Crippen LogP contribution in [0.15, 0.2) is 51.9 Å². The smallest absolute Gasteiger partial charge is 0.302 e. The highest BCUT2D eigenvalue weighted by atomic mass is 16.7. The maximum Gasteiger partial charge on any atom is 0.302 e. The Kier molecular flexibility index (Phi) is 10.5. The number of rotatable bonds is 9. The first kappa shape index (κ1) is 35.0. The van der Waals surface area contributed by atoms with Crippen molar-refractivity contribution >= 4 is 22.9 Å². The first-order valence-corrected chi connectivity index (χ1v) is 14.6. The number of esters is 2. The van der Waals surface area contributed by atoms with Crippen molar-refractivity contribution in [2.75, 3.05) is 13.2 Å². The van der Waals surface area contributed by atoms with Crippen LogP contribution in [-0.2, 0) is 28.5 Å². The van der Waals surface area contributed by atoms with Gasteiger partial charge in [0.15, 0.2) is 0 Å². The van der Waals surface area contributed by atoms with Gasteiger partial charge >= 0.3 is 11.9 Å². The molecular formula is C31H34O17. The minimum atomic E-state index is -1.89. The van der Waals surface area contributed by atoms with Crippen LogP contribution in [0.2, 0.25) is 0 Å². The summed E-state index contributed by atoms with van der Waals surface area (Å²) in [5, 5.41) is 72.5. The van der Waals surface area contributed by atoms with Crippen molar-refractivity contribution in [2.45, 2.75) is 75.3 Å². The molecule has 1 aromatic heterocycles. The van der Waals surface area contributed by atoms with Crippen LogP contribution in [0.25, 0.3) is 22.1 Å². The van der Waals surface area contributed by atoms with Crippen LogP contribution in [-0.4, -0.2) is 122 Å². The van der Waals surface area contributed by atoms with Crippen molar-refractivity contribution in [2.24, 2.45) is 0 Å². The van der Waals surface area contributed by atoms with E-state index in [4.69, 9.17) is 32.8 Å². The lowest BCUT2D eigenvalue weighted by molar-refractivity contribution is -0.279. The van der Waals surface area contributed by atoms with Crippen molar-refractivity contribution < 1.29 is 78.2 Å². The molecule has 3 aromatic rings. The SMILES string of the molecule is CC(=O)OC[C@H]1O[C@@H](Oc2cc(O[C@@H]3O[C@H](COC(C)=O)[C@@H](O)[C@H](O)[C@H]3O)c3c(=O)c(-c4ccc(O)cc4)coc3c2)[C@H](O)[C@@H](O)[C@@H]1O. The van der Waals surface area contributed by atoms with Crippen molar-refractivity contribution in [3.8, 4) is 28.4 Å². The van der Waals surface area contributed by atoms with E-state index < -0.39 is 92.0 Å². The van der Waals surface area contributed by atoms with E-state index in [-0.39, 0.29) is 33.8 Å². The zero-order valence-corrected chi connectivity index (χ0v) is 25.4. The number of phenols is 1. The molecule has 5 rings (SSSR count). The van der Waals surface area contributed by atoms with Gasteiger partial charge in [-0.1, -0.05) is 12.1 Å². The molecule has 10 atom stereocenters. The Morgan fingerprint density at radius 2 is 1.25 bits per heavy atom. The molecule has 17 heteroatoms. The topological polar surface area (TPSA) is 261 Å². The van der Waals surface area contributed by atoms with Gasteiger partial charge in [0.05, 0.1) is 5.56 Å². The molecule has 2 aromatic carbocycles. The number of phenolic OH excluding ortho intramolecular Hbond substituents is 1. The highest BCUT2D eigenvalue weighted by Gasteiger charge is 2.47. The van der Waals surface area contributed by atoms with Gasteiger partial charge < -0.3 is 68.6 Å². The highest BCUT2D eigenvalue weighted by molar-refractivity contribution is 5.88. The summed E-state index contributed by atoms with van der Waals surface area (Å²) in [6.07, 6.45) is -15.7. The Labute approximate surface area is 271 Å². The van der Waals surface area contributed by atoms with Gasteiger partial charge in [0.1, 0.15) is 96.5 Å². The zero-order valence-electron chi connectivity index (χ0n) is 25.4. The first-order valence-electron chi connectivity index (χ1n) is 14.6. The maximum absolute atomic E-state index is 13.9. The lowest BCUT2D eigenvalue weighted by atomic mass is 9.99. The van der Waals surface area contributed by atoms with Crippen LogP contribution in [0, 0.1) is 0 Å². The Bertz CT molecular complexity index is 1670. The molecule has 0 bridgehead atoms. The number of hydrogen-bond acceptors (Lipinski definition) is 17. The molecular weight excluding hydrogens is 644 g/mol. The Hall–Kier alpha value is -4.33. The van der Waals surface area contributed by atoms with Crippen molar-refractivity contribution in [1.82, 2.24) is 0 Å². The van der Waals surface area contributed by atoms with Gasteiger partial charge in [-0.05, 0) is 17.7 Å². The zero-order chi connectivity index (χ0) is 34.9. The monoisotopic (exact) mass is 678 g/mol. The Morgan fingerprint density at radius 3 is 1.77 bits per heavy atom. The summed E-state index contributed by atoms with van der Waals surface area (Å²) in [6, 6.07) is 7.98. The Morgan fingerprint density at radius 1 is 0.729 bits per heavy atom. The largest absolute Gasteiger partial charge is 0.508 e. The summed E-state index contributed by atoms with van der Waals surface area (Å²) >= 11 is 0. The second kappa shape index (κ2) is 14.4. The van der Waals surface area contributed by atoms with E-state index in [1.807, 2.05) is 0 Å². The van der Waals surface area contributed by atoms with Crippen LogP contribution in [0.3, 0.4) is 0 Å². The van der Waals surface area contributed by atoms with Crippen LogP contribution in [0.5, 0.6) is 17.2 Å². The fourth-order valence-electron chi connectivity index (χ4n) is 5.16. The minimum Gasteiger partial charge on any atom is -0.508 e. The number of carbonyl (C=O) groups excluding carboxylic acids is 2. The summed E-state index contributed by atoms with van der Waals surface area (Å²) in [4.78, 5) is 36.5. The molecule has 2 saturated heterocycles. The van der Waals surface area contributed by atoms with Gasteiger partial charge in [-0.25, -0.2) is 0 Å². The predicted molar refractivity (Wildman–Crippen MR) is 157 cm³/mol. The molecule has 48 heavy (non-hydrogen) atoms. The molecule has 0 spiro atoms. The third-order valence-electron chi connectivity index (χ3n) is 7.73. The van der Waals surface area contributed by atoms with Gasteiger partial charge in [0.25, 0.3) is 0 Å². The minimum absolute atomic E-state index is 0.0331. The number of aromatic hydroxyl groups is 1. The molecule has 3 heterocycles. The summed E-state index contributed by atoms with van der Waals surface area (Å²) < 4.78 is 38.4. The molecule has 2 aliphatic heterocycles. The lowest BCUT2D eigenvalue weighted by Gasteiger charge is -2.40. The fraction of sp³-hybridized carbons (Fsp3) is 0.452. The number of ether oxygens (including phenoxy) is 6. The predicted octanol–water partition coefficient (Wildman–Crippen LogP) is -1.34. The second-order valence-corrected chi connectivity index (χ2v) is 11.2. The number of carbonyl (C=O) groups is 2. The molecule has 0 saturated carbocycles. The average Bonchev–Trinajstić information content (AvgIpc) is 3.04. The molecule has 260 valence electrons. The summed E-state index contributed by atoms with van der Waals surface area (Å²) in [7, 11) is 0. The van der Waals surface area contributed by atoms with Crippen LogP contribution >= 0.6 is 0 Å². The van der Waals surface area contributed by atoms with E-state index in [9.17, 15) is 50.1 Å². The molecule has 0 unspecified atom stereocenters. The van der Waals surface area contributed by atoms with Gasteiger partial charge in [-0.2, -0.15) is 0 Å². The molecule has 0 radical (unpaired) electrons. The van der Waals surface area contributed by atoms with Crippen molar-refractivity contribution in [3.05, 3.63) is 52.9 Å². The third-order valence-corrected chi connectivity index (χ3v) is 7.73. The van der Waals surface area contributed by atoms with Gasteiger partial charge in [0, 0.05) is 26.0 Å². The third kappa shape index (κ3) is 7.38. The molecule has 2 aliphatic rings. The van der Waals surface area contributed by atoms with E-state index in [1.165, 1.54) is 30.3 Å². The van der Waals surface area contributed by atoms with Crippen LogP contribution in [0.1, 0.15) is 13.8 Å². The van der Waals surface area contributed by atoms with E-state index in [1.54, 1.807) is 0 Å². The number of hydrogen-bond donors (Lipinski definition) is 7. The molecule has 0 amide bonds. The average molecular weight is 679 g/mol. The first-order chi connectivity index (χ1) is 22.7. The summed E-state index contributed by atoms with van der Waals surface area (Å²) in [5.41, 5.74) is -0.418. The van der Waals surface area contributed by atoms with Crippen LogP contribution in [0.4, 0.5) is 0 Å². The Balaban J connectivity index is 1.54. The maximum atomic E-state index is 13.9. The molecule has 0 aliphatic carbocycles. The van der Waals surface area contributed by atoms with E-state index in [0.717, 1.165) is 26.2 Å². The fourth-order valence-corrected chi connectivity index (χ4v) is 5.16. The van der Waals surface area contributed by atoms with Gasteiger partial charge in [0.2, 0.25) is 18.0 Å². The molecule has 7 N–H and O–H groups in total. The van der Waals surface area contributed by atoms with E-state index in [2.05, 4.69) is 0 Å². The highest BCUT2D eigenvalue weighted by Crippen LogP contribution is 2.36. The summed E-state index contributed by atoms with van der Waals surface area (Å²) in [5.74, 6) is -2.00. The van der Waals surface area contributed by atoms with E-state index in [0.29, 0.717) is 5.56 Å². The van der Waals surface area contributed by atoms with E-state index >= 15 is 0 Å².